The fourth-order valence-corrected chi connectivity index (χ4v) is 3.58. The highest BCUT2D eigenvalue weighted by Crippen LogP contribution is 2.35. The van der Waals surface area contributed by atoms with Crippen molar-refractivity contribution in [3.63, 3.8) is 0 Å². The lowest BCUT2D eigenvalue weighted by Crippen LogP contribution is -2.30. The van der Waals surface area contributed by atoms with Gasteiger partial charge in [0, 0.05) is 6.54 Å². The summed E-state index contributed by atoms with van der Waals surface area (Å²) in [6.07, 6.45) is 2.01. The number of carbonyl (C=O) groups excluding carboxylic acids is 1. The zero-order valence-electron chi connectivity index (χ0n) is 11.9. The van der Waals surface area contributed by atoms with Crippen molar-refractivity contribution >= 4 is 22.9 Å². The van der Waals surface area contributed by atoms with Crippen molar-refractivity contribution in [2.75, 3.05) is 19.4 Å². The molecule has 1 saturated heterocycles. The Labute approximate surface area is 128 Å². The lowest BCUT2D eigenvalue weighted by molar-refractivity contribution is 0.0741. The molecule has 0 saturated carbocycles. The highest BCUT2D eigenvalue weighted by Gasteiger charge is 2.31. The Kier molecular flexibility index (Phi) is 3.84. The van der Waals surface area contributed by atoms with E-state index in [2.05, 4.69) is 0 Å². The second-order valence-electron chi connectivity index (χ2n) is 5.13. The molecule has 1 aromatic carbocycles. The van der Waals surface area contributed by atoms with Crippen LogP contribution in [0.1, 0.15) is 34.1 Å². The van der Waals surface area contributed by atoms with E-state index in [0.717, 1.165) is 30.7 Å². The predicted molar refractivity (Wildman–Crippen MR) is 84.7 cm³/mol. The van der Waals surface area contributed by atoms with Gasteiger partial charge in [0.2, 0.25) is 0 Å². The van der Waals surface area contributed by atoms with E-state index < -0.39 is 0 Å². The maximum atomic E-state index is 12.7. The predicted octanol–water partition coefficient (Wildman–Crippen LogP) is 3.32. The quantitative estimate of drug-likeness (QED) is 0.946. The number of carbonyl (C=O) groups is 1. The maximum Gasteiger partial charge on any atom is 0.266 e. The Bertz CT molecular complexity index is 636. The zero-order chi connectivity index (χ0) is 14.8. The van der Waals surface area contributed by atoms with Crippen LogP contribution in [0, 0.1) is 0 Å². The molecule has 5 heteroatoms. The van der Waals surface area contributed by atoms with Gasteiger partial charge in [0.05, 0.1) is 18.8 Å². The number of hydrogen-bond donors (Lipinski definition) is 1. The molecule has 1 unspecified atom stereocenters. The highest BCUT2D eigenvalue weighted by molar-refractivity contribution is 7.12. The van der Waals surface area contributed by atoms with Gasteiger partial charge >= 0.3 is 0 Å². The fraction of sp³-hybridized carbons (Fsp3) is 0.312. The number of methoxy groups -OCH3 is 1. The van der Waals surface area contributed by atoms with Crippen LogP contribution in [0.3, 0.4) is 0 Å². The van der Waals surface area contributed by atoms with Crippen LogP contribution in [-0.4, -0.2) is 24.5 Å². The normalized spacial score (nSPS) is 18.0. The topological polar surface area (TPSA) is 55.6 Å². The van der Waals surface area contributed by atoms with Crippen LogP contribution in [0.5, 0.6) is 5.75 Å². The lowest BCUT2D eigenvalue weighted by atomic mass is 10.0. The van der Waals surface area contributed by atoms with E-state index in [4.69, 9.17) is 10.5 Å². The first-order valence-corrected chi connectivity index (χ1v) is 7.86. The third-order valence-electron chi connectivity index (χ3n) is 3.90. The van der Waals surface area contributed by atoms with Crippen LogP contribution in [0.15, 0.2) is 35.7 Å². The molecule has 2 aromatic rings. The maximum absolute atomic E-state index is 12.7. The molecular formula is C16H18N2O2S. The molecule has 21 heavy (non-hydrogen) atoms. The number of nitrogens with two attached hydrogens (primary N) is 1. The van der Waals surface area contributed by atoms with Crippen LogP contribution in [-0.2, 0) is 0 Å². The van der Waals surface area contributed by atoms with Gasteiger partial charge in [0.1, 0.15) is 10.6 Å². The van der Waals surface area contributed by atoms with Crippen LogP contribution in [0.2, 0.25) is 0 Å². The first kappa shape index (κ1) is 13.9. The second-order valence-corrected chi connectivity index (χ2v) is 6.05. The van der Waals surface area contributed by atoms with E-state index in [1.165, 1.54) is 11.3 Å². The molecule has 3 rings (SSSR count). The first-order valence-electron chi connectivity index (χ1n) is 6.98. The number of anilines is 1. The standard InChI is InChI=1S/C16H18N2O2S/c1-20-12-6-4-11(5-7-12)14-3-2-9-18(14)16(19)15-13(17)8-10-21-15/h4-8,10,14H,2-3,9,17H2,1H3. The minimum atomic E-state index is 0.0424. The van der Waals surface area contributed by atoms with E-state index in [1.54, 1.807) is 13.2 Å². The summed E-state index contributed by atoms with van der Waals surface area (Å²) in [5.41, 5.74) is 7.60. The van der Waals surface area contributed by atoms with Crippen LogP contribution in [0.4, 0.5) is 5.69 Å². The van der Waals surface area contributed by atoms with Crippen molar-refractivity contribution in [1.82, 2.24) is 4.90 Å². The van der Waals surface area contributed by atoms with Crippen LogP contribution >= 0.6 is 11.3 Å². The van der Waals surface area contributed by atoms with Crippen molar-refractivity contribution in [2.24, 2.45) is 0 Å². The third-order valence-corrected chi connectivity index (χ3v) is 4.82. The Morgan fingerprint density at radius 1 is 1.33 bits per heavy atom. The molecule has 110 valence electrons. The summed E-state index contributed by atoms with van der Waals surface area (Å²) in [5, 5.41) is 1.86. The van der Waals surface area contributed by atoms with Gasteiger partial charge in [-0.3, -0.25) is 4.79 Å². The summed E-state index contributed by atoms with van der Waals surface area (Å²) in [5.74, 6) is 0.873. The Morgan fingerprint density at radius 3 is 2.71 bits per heavy atom. The van der Waals surface area contributed by atoms with Crippen LogP contribution in [0.25, 0.3) is 0 Å². The van der Waals surface area contributed by atoms with E-state index in [9.17, 15) is 4.79 Å². The summed E-state index contributed by atoms with van der Waals surface area (Å²) >= 11 is 1.41. The number of rotatable bonds is 3. The number of hydrogen-bond acceptors (Lipinski definition) is 4. The Morgan fingerprint density at radius 2 is 2.10 bits per heavy atom. The van der Waals surface area contributed by atoms with E-state index >= 15 is 0 Å². The monoisotopic (exact) mass is 302 g/mol. The molecule has 0 aliphatic carbocycles. The van der Waals surface area contributed by atoms with Gasteiger partial charge in [-0.15, -0.1) is 11.3 Å². The summed E-state index contributed by atoms with van der Waals surface area (Å²) < 4.78 is 5.19. The molecule has 2 N–H and O–H groups in total. The largest absolute Gasteiger partial charge is 0.497 e. The molecule has 4 nitrogen and oxygen atoms in total. The van der Waals surface area contributed by atoms with E-state index in [1.807, 2.05) is 34.5 Å². The van der Waals surface area contributed by atoms with Crippen molar-refractivity contribution in [1.29, 1.82) is 0 Å². The van der Waals surface area contributed by atoms with Gasteiger partial charge in [0.15, 0.2) is 0 Å². The molecule has 0 bridgehead atoms. The highest BCUT2D eigenvalue weighted by atomic mass is 32.1. The molecular weight excluding hydrogens is 284 g/mol. The molecule has 1 atom stereocenters. The summed E-state index contributed by atoms with van der Waals surface area (Å²) in [6, 6.07) is 9.87. The number of thiophene rings is 1. The van der Waals surface area contributed by atoms with E-state index in [0.29, 0.717) is 10.6 Å². The molecule has 1 aliphatic rings. The number of likely N-dealkylation sites (tertiary alicyclic amines) is 1. The smallest absolute Gasteiger partial charge is 0.266 e. The number of benzene rings is 1. The van der Waals surface area contributed by atoms with Crippen molar-refractivity contribution < 1.29 is 9.53 Å². The zero-order valence-corrected chi connectivity index (χ0v) is 12.7. The fourth-order valence-electron chi connectivity index (χ4n) is 2.81. The number of ether oxygens (including phenoxy) is 1. The summed E-state index contributed by atoms with van der Waals surface area (Å²) in [4.78, 5) is 15.3. The van der Waals surface area contributed by atoms with Gasteiger partial charge in [-0.2, -0.15) is 0 Å². The molecule has 1 fully saturated rings. The van der Waals surface area contributed by atoms with Crippen molar-refractivity contribution in [3.8, 4) is 5.75 Å². The average Bonchev–Trinajstić information content (AvgIpc) is 3.15. The Hall–Kier alpha value is -2.01. The van der Waals surface area contributed by atoms with Gasteiger partial charge in [-0.1, -0.05) is 12.1 Å². The van der Waals surface area contributed by atoms with Gasteiger partial charge < -0.3 is 15.4 Å². The number of amides is 1. The molecule has 0 radical (unpaired) electrons. The van der Waals surface area contributed by atoms with Gasteiger partial charge in [0.25, 0.3) is 5.91 Å². The van der Waals surface area contributed by atoms with Gasteiger partial charge in [-0.05, 0) is 42.0 Å². The molecule has 1 aromatic heterocycles. The number of nitrogen functional groups attached to an aromatic ring is 1. The minimum absolute atomic E-state index is 0.0424. The minimum Gasteiger partial charge on any atom is -0.497 e. The Balaban J connectivity index is 1.85. The third kappa shape index (κ3) is 2.61. The molecule has 1 aliphatic heterocycles. The molecule has 1 amide bonds. The van der Waals surface area contributed by atoms with Crippen LogP contribution < -0.4 is 10.5 Å². The lowest BCUT2D eigenvalue weighted by Gasteiger charge is -2.25. The SMILES string of the molecule is COc1ccc(C2CCCN2C(=O)c2sccc2N)cc1. The average molecular weight is 302 g/mol. The van der Waals surface area contributed by atoms with Crippen molar-refractivity contribution in [3.05, 3.63) is 46.2 Å². The second kappa shape index (κ2) is 5.77. The molecule has 0 spiro atoms. The van der Waals surface area contributed by atoms with E-state index in [-0.39, 0.29) is 11.9 Å². The first-order chi connectivity index (χ1) is 10.2. The number of nitrogens with zero attached hydrogens (tertiary/aromatic N) is 1. The summed E-state index contributed by atoms with van der Waals surface area (Å²) in [7, 11) is 1.65. The molecule has 2 heterocycles. The van der Waals surface area contributed by atoms with Crippen molar-refractivity contribution in [2.45, 2.75) is 18.9 Å². The summed E-state index contributed by atoms with van der Waals surface area (Å²) in [6.45, 7) is 0.785. The van der Waals surface area contributed by atoms with Gasteiger partial charge in [-0.25, -0.2) is 0 Å².